The molecule has 1 saturated carbocycles. The summed E-state index contributed by atoms with van der Waals surface area (Å²) in [6.45, 7) is 3.01. The monoisotopic (exact) mass is 329 g/mol. The van der Waals surface area contributed by atoms with E-state index in [1.54, 1.807) is 0 Å². The van der Waals surface area contributed by atoms with Crippen molar-refractivity contribution < 1.29 is 9.90 Å². The minimum absolute atomic E-state index is 0.145. The third-order valence-corrected chi connectivity index (χ3v) is 5.09. The zero-order chi connectivity index (χ0) is 15.4. The Kier molecular flexibility index (Phi) is 5.91. The van der Waals surface area contributed by atoms with Gasteiger partial charge in [-0.3, -0.25) is 4.79 Å². The highest BCUT2D eigenvalue weighted by Crippen LogP contribution is 2.29. The van der Waals surface area contributed by atoms with E-state index in [0.29, 0.717) is 16.0 Å². The van der Waals surface area contributed by atoms with E-state index in [1.165, 1.54) is 0 Å². The van der Waals surface area contributed by atoms with Gasteiger partial charge < -0.3 is 10.4 Å². The van der Waals surface area contributed by atoms with Crippen LogP contribution in [0.15, 0.2) is 18.2 Å². The molecule has 2 rings (SSSR count). The van der Waals surface area contributed by atoms with Gasteiger partial charge in [-0.2, -0.15) is 0 Å². The average Bonchev–Trinajstić information content (AvgIpc) is 2.48. The maximum absolute atomic E-state index is 10.9. The topological polar surface area (TPSA) is 49.3 Å². The number of rotatable bonds is 5. The normalized spacial score (nSPS) is 23.8. The molecular formula is C16H21Cl2NO2. The van der Waals surface area contributed by atoms with Crippen molar-refractivity contribution in [2.24, 2.45) is 11.8 Å². The van der Waals surface area contributed by atoms with Crippen LogP contribution in [0.25, 0.3) is 0 Å². The predicted octanol–water partition coefficient (Wildman–Crippen LogP) is 4.54. The maximum Gasteiger partial charge on any atom is 0.306 e. The summed E-state index contributed by atoms with van der Waals surface area (Å²) in [7, 11) is 0. The molecule has 3 nitrogen and oxygen atoms in total. The molecule has 1 aliphatic carbocycles. The molecule has 0 bridgehead atoms. The molecule has 1 aliphatic rings. The molecular weight excluding hydrogens is 309 g/mol. The molecule has 0 saturated heterocycles. The summed E-state index contributed by atoms with van der Waals surface area (Å²) in [5.41, 5.74) is 1.11. The van der Waals surface area contributed by atoms with E-state index in [1.807, 2.05) is 18.2 Å². The number of halogens is 2. The minimum atomic E-state index is -0.648. The van der Waals surface area contributed by atoms with Gasteiger partial charge in [0.05, 0.1) is 16.0 Å². The Balaban J connectivity index is 1.80. The van der Waals surface area contributed by atoms with Crippen LogP contribution in [-0.4, -0.2) is 17.6 Å². The fourth-order valence-corrected chi connectivity index (χ4v) is 3.16. The fourth-order valence-electron chi connectivity index (χ4n) is 2.86. The highest BCUT2D eigenvalue weighted by molar-refractivity contribution is 6.42. The van der Waals surface area contributed by atoms with Crippen LogP contribution in [0, 0.1) is 11.8 Å². The van der Waals surface area contributed by atoms with Gasteiger partial charge in [-0.25, -0.2) is 0 Å². The number of hydrogen-bond acceptors (Lipinski definition) is 2. The molecule has 21 heavy (non-hydrogen) atoms. The lowest BCUT2D eigenvalue weighted by molar-refractivity contribution is -0.143. The van der Waals surface area contributed by atoms with E-state index in [9.17, 15) is 4.79 Å². The molecule has 1 unspecified atom stereocenters. The second-order valence-electron chi connectivity index (χ2n) is 5.86. The zero-order valence-corrected chi connectivity index (χ0v) is 13.6. The molecule has 0 spiro atoms. The van der Waals surface area contributed by atoms with Gasteiger partial charge in [-0.15, -0.1) is 0 Å². The number of aliphatic carboxylic acids is 1. The van der Waals surface area contributed by atoms with Crippen molar-refractivity contribution >= 4 is 29.2 Å². The Morgan fingerprint density at radius 1 is 1.29 bits per heavy atom. The summed E-state index contributed by atoms with van der Waals surface area (Å²) in [5.74, 6) is -0.231. The van der Waals surface area contributed by atoms with Crippen molar-refractivity contribution in [1.29, 1.82) is 0 Å². The van der Waals surface area contributed by atoms with Crippen molar-refractivity contribution in [3.63, 3.8) is 0 Å². The van der Waals surface area contributed by atoms with Gasteiger partial charge >= 0.3 is 5.97 Å². The fraction of sp³-hybridized carbons (Fsp3) is 0.562. The van der Waals surface area contributed by atoms with Crippen LogP contribution in [0.3, 0.4) is 0 Å². The highest BCUT2D eigenvalue weighted by atomic mass is 35.5. The van der Waals surface area contributed by atoms with Crippen LogP contribution in [0.4, 0.5) is 0 Å². The summed E-state index contributed by atoms with van der Waals surface area (Å²) in [6, 6.07) is 5.89. The lowest BCUT2D eigenvalue weighted by atomic mass is 9.82. The second-order valence-corrected chi connectivity index (χ2v) is 6.67. The Labute approximate surface area is 135 Å². The van der Waals surface area contributed by atoms with Gasteiger partial charge in [0.2, 0.25) is 0 Å². The standard InChI is InChI=1S/C16H21Cl2NO2/c1-10(13-6-7-14(17)15(18)8-13)19-9-11-2-4-12(5-3-11)16(20)21/h6-8,10-12,19H,2-5,9H2,1H3,(H,20,21). The SMILES string of the molecule is CC(NCC1CCC(C(=O)O)CC1)c1ccc(Cl)c(Cl)c1. The lowest BCUT2D eigenvalue weighted by Gasteiger charge is -2.27. The van der Waals surface area contributed by atoms with Crippen LogP contribution in [0.1, 0.15) is 44.2 Å². The highest BCUT2D eigenvalue weighted by Gasteiger charge is 2.25. The largest absolute Gasteiger partial charge is 0.481 e. The van der Waals surface area contributed by atoms with Crippen molar-refractivity contribution in [3.05, 3.63) is 33.8 Å². The van der Waals surface area contributed by atoms with Gasteiger partial charge in [0.1, 0.15) is 0 Å². The van der Waals surface area contributed by atoms with Crippen molar-refractivity contribution in [2.45, 2.75) is 38.6 Å². The van der Waals surface area contributed by atoms with Gasteiger partial charge in [0.15, 0.2) is 0 Å². The molecule has 1 fully saturated rings. The lowest BCUT2D eigenvalue weighted by Crippen LogP contribution is -2.30. The van der Waals surface area contributed by atoms with Gasteiger partial charge in [-0.05, 0) is 62.8 Å². The van der Waals surface area contributed by atoms with Crippen LogP contribution in [-0.2, 0) is 4.79 Å². The summed E-state index contributed by atoms with van der Waals surface area (Å²) >= 11 is 12.0. The first-order chi connectivity index (χ1) is 9.97. The Hall–Kier alpha value is -0.770. The molecule has 0 radical (unpaired) electrons. The van der Waals surface area contributed by atoms with E-state index in [0.717, 1.165) is 37.8 Å². The van der Waals surface area contributed by atoms with Crippen LogP contribution >= 0.6 is 23.2 Å². The molecule has 0 heterocycles. The quantitative estimate of drug-likeness (QED) is 0.833. The van der Waals surface area contributed by atoms with Crippen LogP contribution < -0.4 is 5.32 Å². The third kappa shape index (κ3) is 4.60. The van der Waals surface area contributed by atoms with Gasteiger partial charge in [-0.1, -0.05) is 29.3 Å². The van der Waals surface area contributed by atoms with E-state index >= 15 is 0 Å². The number of nitrogens with one attached hydrogen (secondary N) is 1. The first-order valence-electron chi connectivity index (χ1n) is 7.38. The number of carboxylic acid groups (broad SMARTS) is 1. The van der Waals surface area contributed by atoms with Gasteiger partial charge in [0, 0.05) is 6.04 Å². The minimum Gasteiger partial charge on any atom is -0.481 e. The summed E-state index contributed by atoms with van der Waals surface area (Å²) in [5, 5.41) is 13.7. The number of carboxylic acids is 1. The molecule has 116 valence electrons. The van der Waals surface area contributed by atoms with E-state index in [2.05, 4.69) is 12.2 Å². The maximum atomic E-state index is 10.9. The summed E-state index contributed by atoms with van der Waals surface area (Å²) in [4.78, 5) is 10.9. The molecule has 1 aromatic carbocycles. The zero-order valence-electron chi connectivity index (χ0n) is 12.1. The first kappa shape index (κ1) is 16.6. The summed E-state index contributed by atoms with van der Waals surface area (Å²) < 4.78 is 0. The number of hydrogen-bond donors (Lipinski definition) is 2. The number of benzene rings is 1. The second kappa shape index (κ2) is 7.48. The Morgan fingerprint density at radius 3 is 2.52 bits per heavy atom. The van der Waals surface area contributed by atoms with Gasteiger partial charge in [0.25, 0.3) is 0 Å². The predicted molar refractivity (Wildman–Crippen MR) is 86.0 cm³/mol. The van der Waals surface area contributed by atoms with Crippen molar-refractivity contribution in [1.82, 2.24) is 5.32 Å². The molecule has 1 aromatic rings. The average molecular weight is 330 g/mol. The molecule has 0 aromatic heterocycles. The molecule has 5 heteroatoms. The van der Waals surface area contributed by atoms with E-state index < -0.39 is 5.97 Å². The smallest absolute Gasteiger partial charge is 0.306 e. The first-order valence-corrected chi connectivity index (χ1v) is 8.14. The summed E-state index contributed by atoms with van der Waals surface area (Å²) in [6.07, 6.45) is 3.56. The van der Waals surface area contributed by atoms with Crippen molar-refractivity contribution in [2.75, 3.05) is 6.54 Å². The Morgan fingerprint density at radius 2 is 1.95 bits per heavy atom. The third-order valence-electron chi connectivity index (χ3n) is 4.35. The van der Waals surface area contributed by atoms with E-state index in [-0.39, 0.29) is 12.0 Å². The molecule has 1 atom stereocenters. The van der Waals surface area contributed by atoms with E-state index in [4.69, 9.17) is 28.3 Å². The molecule has 0 amide bonds. The Bertz CT molecular complexity index is 499. The van der Waals surface area contributed by atoms with Crippen LogP contribution in [0.2, 0.25) is 10.0 Å². The molecule has 2 N–H and O–H groups in total. The number of carbonyl (C=O) groups is 1. The van der Waals surface area contributed by atoms with Crippen molar-refractivity contribution in [3.8, 4) is 0 Å². The molecule has 0 aliphatic heterocycles. The van der Waals surface area contributed by atoms with Crippen LogP contribution in [0.5, 0.6) is 0 Å².